The summed E-state index contributed by atoms with van der Waals surface area (Å²) in [6.07, 6.45) is 5.50. The number of unbranched alkanes of at least 4 members (excludes halogenated alkanes) is 1. The number of aromatic hydroxyl groups is 2. The van der Waals surface area contributed by atoms with E-state index in [1.54, 1.807) is 40.9 Å². The van der Waals surface area contributed by atoms with E-state index in [2.05, 4.69) is 79.9 Å². The zero-order valence-electron chi connectivity index (χ0n) is 55.3. The van der Waals surface area contributed by atoms with Gasteiger partial charge in [0.15, 0.2) is 6.04 Å². The van der Waals surface area contributed by atoms with E-state index >= 15 is 0 Å². The van der Waals surface area contributed by atoms with Gasteiger partial charge in [-0.3, -0.25) is 52.7 Å². The van der Waals surface area contributed by atoms with Crippen LogP contribution in [-0.2, 0) is 76.8 Å². The number of aliphatic hydroxyl groups excluding tert-OH is 1. The fraction of sp³-hybridized carbons (Fsp3) is 0.571. The van der Waals surface area contributed by atoms with Crippen molar-refractivity contribution in [2.24, 2.45) is 17.8 Å². The molecule has 0 bridgehead atoms. The second-order valence-corrected chi connectivity index (χ2v) is 25.6. The number of aromatic amines is 1. The van der Waals surface area contributed by atoms with E-state index in [0.717, 1.165) is 0 Å². The number of benzene rings is 2. The minimum atomic E-state index is -1.66. The highest BCUT2D eigenvalue weighted by molar-refractivity contribution is 7.98. The third-order valence-electron chi connectivity index (χ3n) is 14.6. The number of carboxylic acid groups (broad SMARTS) is 1. The molecular formula is C63H99N15O16S+2. The molecule has 10 atom stereocenters. The molecule has 0 aliphatic carbocycles. The van der Waals surface area contributed by atoms with Crippen LogP contribution in [0.4, 0.5) is 0 Å². The summed E-state index contributed by atoms with van der Waals surface area (Å²) in [7, 11) is 0. The average molecular weight is 1350 g/mol. The molecular weight excluding hydrogens is 1250 g/mol. The van der Waals surface area contributed by atoms with Crippen molar-refractivity contribution in [2.75, 3.05) is 38.2 Å². The molecule has 2 aromatic carbocycles. The Morgan fingerprint density at radius 2 is 0.853 bits per heavy atom. The van der Waals surface area contributed by atoms with Crippen LogP contribution in [0, 0.1) is 17.8 Å². The Hall–Kier alpha value is -8.88. The molecule has 0 spiro atoms. The highest BCUT2D eigenvalue weighted by Gasteiger charge is 2.36. The van der Waals surface area contributed by atoms with Gasteiger partial charge in [-0.15, -0.1) is 0 Å². The summed E-state index contributed by atoms with van der Waals surface area (Å²) in [4.78, 5) is 171. The van der Waals surface area contributed by atoms with Gasteiger partial charge in [0, 0.05) is 31.2 Å². The first-order chi connectivity index (χ1) is 44.9. The van der Waals surface area contributed by atoms with Gasteiger partial charge in [-0.05, 0) is 117 Å². The number of hydrogen-bond acceptors (Lipinski definition) is 17. The monoisotopic (exact) mass is 1350 g/mol. The molecule has 0 saturated carbocycles. The third-order valence-corrected chi connectivity index (χ3v) is 15.3. The Labute approximate surface area is 556 Å². The largest absolute Gasteiger partial charge is 0.508 e. The molecule has 95 heavy (non-hydrogen) atoms. The Balaban J connectivity index is 1.91. The van der Waals surface area contributed by atoms with Crippen molar-refractivity contribution in [1.29, 1.82) is 0 Å². The molecule has 31 nitrogen and oxygen atoms in total. The Kier molecular flexibility index (Phi) is 35.3. The summed E-state index contributed by atoms with van der Waals surface area (Å²) in [5.74, 6) is -10.6. The van der Waals surface area contributed by atoms with Crippen LogP contribution in [0.15, 0.2) is 61.1 Å². The van der Waals surface area contributed by atoms with E-state index in [0.29, 0.717) is 42.0 Å². The summed E-state index contributed by atoms with van der Waals surface area (Å²) in [5.41, 5.74) is 9.00. The van der Waals surface area contributed by atoms with Gasteiger partial charge in [0.2, 0.25) is 59.1 Å². The van der Waals surface area contributed by atoms with Crippen LogP contribution >= 0.6 is 11.8 Å². The zero-order chi connectivity index (χ0) is 70.9. The van der Waals surface area contributed by atoms with Gasteiger partial charge in [0.25, 0.3) is 5.91 Å². The van der Waals surface area contributed by atoms with Crippen LogP contribution in [0.2, 0.25) is 0 Å². The van der Waals surface area contributed by atoms with E-state index in [-0.39, 0.29) is 80.6 Å². The lowest BCUT2D eigenvalue weighted by molar-refractivity contribution is -0.398. The number of rotatable bonds is 43. The number of phenols is 2. The number of carbonyl (C=O) groups is 12. The molecule has 1 aromatic heterocycles. The molecule has 11 amide bonds. The molecule has 0 radical (unpaired) electrons. The number of aliphatic hydroxyl groups is 1. The second kappa shape index (κ2) is 41.7. The number of phenolic OH excluding ortho intramolecular Hbond substituents is 2. The van der Waals surface area contributed by atoms with Crippen molar-refractivity contribution in [3.8, 4) is 11.5 Å². The number of H-pyrrole nitrogens is 1. The van der Waals surface area contributed by atoms with E-state index in [4.69, 9.17) is 0 Å². The normalized spacial score (nSPS) is 14.4. The predicted molar refractivity (Wildman–Crippen MR) is 349 cm³/mol. The van der Waals surface area contributed by atoms with Gasteiger partial charge in [0.1, 0.15) is 65.9 Å². The molecule has 0 fully saturated rings. The molecule has 22 N–H and O–H groups in total. The van der Waals surface area contributed by atoms with E-state index < -0.39 is 151 Å². The van der Waals surface area contributed by atoms with Crippen molar-refractivity contribution < 1.29 is 89.4 Å². The maximum atomic E-state index is 14.7. The summed E-state index contributed by atoms with van der Waals surface area (Å²) in [5, 5.41) is 67.6. The third kappa shape index (κ3) is 30.4. The number of amides is 11. The van der Waals surface area contributed by atoms with Crippen LogP contribution in [0.5, 0.6) is 11.5 Å². The number of thioether (sulfide) groups is 1. The van der Waals surface area contributed by atoms with Crippen molar-refractivity contribution >= 4 is 82.7 Å². The fourth-order valence-corrected chi connectivity index (χ4v) is 10.1. The first-order valence-electron chi connectivity index (χ1n) is 31.7. The highest BCUT2D eigenvalue weighted by Crippen LogP contribution is 2.17. The van der Waals surface area contributed by atoms with Crippen molar-refractivity contribution in [3.63, 3.8) is 0 Å². The number of imidazole rings is 1. The molecule has 0 saturated heterocycles. The standard InChI is InChI=1S/C63H97N15O16S/c1-34(2)23-45(59(89)78-51(32-79)63(93)94)71-53(83)31-67-55(85)48(26-38-12-16-41(80)17-13-38)76-62(92)49(27-39-14-18-42(81)19-15-39)77-61(91)47(25-36(5)6)74-57(87)43(11-9-10-21-64)72-60(90)46(24-35(3)4)75-58(88)44(20-22-95-8)70-52(82)30-68-56(86)50(73-54(84)37(7)65)28-40-29-66-33-69-40/h12-19,29,33-37,43-51,79-81H,9-11,20-28,30-32,64-65H2,1-8H3,(H,66,69)(H,67,85)(H,68,86)(H,70,82)(H,71,83)(H,72,90)(H,73,84)(H,74,87)(H,75,88)(H,76,92)(H,77,91)(H,78,89)(H,93,94)/p+2/t37-,43-,44-,45-,46-,47-,48-,49-,50-,51-/m0/s1. The van der Waals surface area contributed by atoms with Gasteiger partial charge < -0.3 is 95.4 Å². The summed E-state index contributed by atoms with van der Waals surface area (Å²) < 4.78 is 0. The maximum absolute atomic E-state index is 14.7. The van der Waals surface area contributed by atoms with Gasteiger partial charge in [0.05, 0.1) is 32.6 Å². The van der Waals surface area contributed by atoms with Crippen LogP contribution in [-0.4, -0.2) is 200 Å². The molecule has 0 aliphatic rings. The van der Waals surface area contributed by atoms with Crippen LogP contribution in [0.3, 0.4) is 0 Å². The molecule has 0 unspecified atom stereocenters. The minimum Gasteiger partial charge on any atom is -0.508 e. The van der Waals surface area contributed by atoms with E-state index in [1.165, 1.54) is 72.8 Å². The number of quaternary nitrogens is 2. The van der Waals surface area contributed by atoms with Crippen molar-refractivity contribution in [3.05, 3.63) is 77.9 Å². The zero-order valence-corrected chi connectivity index (χ0v) is 56.2. The topological polar surface area (TPSA) is 502 Å². The van der Waals surface area contributed by atoms with Gasteiger partial charge in [-0.2, -0.15) is 11.8 Å². The van der Waals surface area contributed by atoms with Crippen LogP contribution < -0.4 is 70.0 Å². The number of aromatic nitrogens is 2. The van der Waals surface area contributed by atoms with Crippen LogP contribution in [0.1, 0.15) is 110 Å². The summed E-state index contributed by atoms with van der Waals surface area (Å²) in [6.45, 7) is 10.5. The summed E-state index contributed by atoms with van der Waals surface area (Å²) in [6, 6.07) is -1.40. The fourth-order valence-electron chi connectivity index (χ4n) is 9.59. The summed E-state index contributed by atoms with van der Waals surface area (Å²) >= 11 is 1.39. The van der Waals surface area contributed by atoms with Crippen LogP contribution in [0.25, 0.3) is 0 Å². The Morgan fingerprint density at radius 1 is 0.484 bits per heavy atom. The highest BCUT2D eigenvalue weighted by atomic mass is 32.2. The van der Waals surface area contributed by atoms with E-state index in [1.807, 2.05) is 13.8 Å². The second-order valence-electron chi connectivity index (χ2n) is 24.6. The lowest BCUT2D eigenvalue weighted by Crippen LogP contribution is -2.67. The van der Waals surface area contributed by atoms with Gasteiger partial charge >= 0.3 is 5.97 Å². The maximum Gasteiger partial charge on any atom is 0.328 e. The minimum absolute atomic E-state index is 0.0108. The predicted octanol–water partition coefficient (Wildman–Crippen LogP) is -3.54. The molecule has 32 heteroatoms. The van der Waals surface area contributed by atoms with E-state index in [9.17, 15) is 78.0 Å². The number of carboxylic acids is 1. The first-order valence-corrected chi connectivity index (χ1v) is 33.1. The smallest absolute Gasteiger partial charge is 0.328 e. The Bertz CT molecular complexity index is 2990. The molecule has 3 rings (SSSR count). The first kappa shape index (κ1) is 80.4. The van der Waals surface area contributed by atoms with Gasteiger partial charge in [-0.1, -0.05) is 65.8 Å². The Morgan fingerprint density at radius 3 is 1.25 bits per heavy atom. The quantitative estimate of drug-likeness (QED) is 0.0244. The van der Waals surface area contributed by atoms with Crippen molar-refractivity contribution in [1.82, 2.24) is 68.5 Å². The number of hydrogen-bond donors (Lipinski definition) is 18. The molecule has 526 valence electrons. The SMILES string of the molecule is CSCC[C@H](NC(=O)CNC(=O)[C@H](Cc1cnc[nH]1)NC(=O)[C@H](C)[NH3+])C(=O)N[C@@H](CC(C)C)C(=O)N[C@@H](CCCC[NH3+])C(=O)N[C@@H](CC(C)C)C(=O)N[C@@H](Cc1ccc(O)cc1)C(=O)N[C@@H](Cc1ccc(O)cc1)C(=O)NCC(=O)N[C@@H](CC(C)C)C(=O)N[C@@H](CO)C(=O)O. The molecule has 3 aromatic rings. The van der Waals surface area contributed by atoms with Crippen molar-refractivity contribution in [2.45, 2.75) is 173 Å². The molecule has 1 heterocycles. The lowest BCUT2D eigenvalue weighted by atomic mass is 9.99. The number of nitrogens with one attached hydrogen (secondary N) is 12. The number of carbonyl (C=O) groups excluding carboxylic acids is 11. The molecule has 0 aliphatic heterocycles. The average Bonchev–Trinajstić information content (AvgIpc) is 2.36. The number of nitrogens with zero attached hydrogens (tertiary/aromatic N) is 1. The lowest BCUT2D eigenvalue weighted by Gasteiger charge is -2.29. The van der Waals surface area contributed by atoms with Gasteiger partial charge in [-0.25, -0.2) is 9.78 Å². The number of aliphatic carboxylic acids is 1.